The molecule has 0 aliphatic heterocycles. The van der Waals surface area contributed by atoms with Gasteiger partial charge in [-0.1, -0.05) is 34.1 Å². The molecule has 0 aromatic carbocycles. The highest BCUT2D eigenvalue weighted by Crippen LogP contribution is 2.33. The van der Waals surface area contributed by atoms with Crippen LogP contribution in [0.25, 0.3) is 0 Å². The average Bonchev–Trinajstić information content (AvgIpc) is 2.00. The van der Waals surface area contributed by atoms with Crippen LogP contribution in [0.5, 0.6) is 0 Å². The van der Waals surface area contributed by atoms with Crippen molar-refractivity contribution < 1.29 is 9.59 Å². The number of rotatable bonds is 4. The first-order valence-electron chi connectivity index (χ1n) is 5.96. The van der Waals surface area contributed by atoms with Crippen molar-refractivity contribution in [2.45, 2.75) is 53.4 Å². The molecule has 0 aromatic rings. The molecule has 0 spiro atoms. The molecule has 0 amide bonds. The Morgan fingerprint density at radius 3 is 2.07 bits per heavy atom. The zero-order valence-electron chi connectivity index (χ0n) is 10.3. The minimum atomic E-state index is -0.389. The van der Waals surface area contributed by atoms with Gasteiger partial charge >= 0.3 is 0 Å². The van der Waals surface area contributed by atoms with Crippen LogP contribution in [0.4, 0.5) is 0 Å². The van der Waals surface area contributed by atoms with Crippen molar-refractivity contribution in [2.75, 3.05) is 0 Å². The summed E-state index contributed by atoms with van der Waals surface area (Å²) in [6.45, 7) is 7.62. The predicted molar refractivity (Wildman–Crippen MR) is 60.6 cm³/mol. The topological polar surface area (TPSA) is 34.1 Å². The molecule has 0 saturated heterocycles. The van der Waals surface area contributed by atoms with E-state index in [0.717, 1.165) is 19.3 Å². The lowest BCUT2D eigenvalue weighted by molar-refractivity contribution is -0.141. The van der Waals surface area contributed by atoms with E-state index in [0.29, 0.717) is 6.42 Å². The molecule has 1 fully saturated rings. The van der Waals surface area contributed by atoms with Gasteiger partial charge in [-0.05, 0) is 19.3 Å². The summed E-state index contributed by atoms with van der Waals surface area (Å²) >= 11 is 0. The van der Waals surface area contributed by atoms with Crippen LogP contribution in [0.2, 0.25) is 0 Å². The van der Waals surface area contributed by atoms with Crippen molar-refractivity contribution in [3.63, 3.8) is 0 Å². The molecule has 1 rings (SSSR count). The minimum absolute atomic E-state index is 0.113. The van der Waals surface area contributed by atoms with E-state index in [2.05, 4.69) is 0 Å². The maximum Gasteiger partial charge on any atom is 0.148 e. The molecule has 1 saturated carbocycles. The molecule has 1 unspecified atom stereocenters. The Balaban J connectivity index is 2.70. The SMILES string of the molecule is CCC(C(=O)C1CCC1)C(=O)C(C)(C)C. The standard InChI is InChI=1S/C13H22O2/c1-5-10(12(15)13(2,3)4)11(14)9-7-6-8-9/h9-10H,5-8H2,1-4H3. The fraction of sp³-hybridized carbons (Fsp3) is 0.846. The van der Waals surface area contributed by atoms with E-state index in [4.69, 9.17) is 0 Å². The lowest BCUT2D eigenvalue weighted by Gasteiger charge is -2.30. The zero-order chi connectivity index (χ0) is 11.6. The van der Waals surface area contributed by atoms with Crippen LogP contribution in [0, 0.1) is 17.3 Å². The summed E-state index contributed by atoms with van der Waals surface area (Å²) in [7, 11) is 0. The van der Waals surface area contributed by atoms with Gasteiger partial charge < -0.3 is 0 Å². The monoisotopic (exact) mass is 210 g/mol. The van der Waals surface area contributed by atoms with Gasteiger partial charge in [0.15, 0.2) is 0 Å². The van der Waals surface area contributed by atoms with Gasteiger partial charge in [0.1, 0.15) is 11.6 Å². The van der Waals surface area contributed by atoms with Crippen LogP contribution in [-0.2, 0) is 9.59 Å². The van der Waals surface area contributed by atoms with Crippen LogP contribution in [0.15, 0.2) is 0 Å². The van der Waals surface area contributed by atoms with E-state index in [9.17, 15) is 9.59 Å². The molecule has 15 heavy (non-hydrogen) atoms. The number of ketones is 2. The molecule has 1 aliphatic rings. The molecule has 0 radical (unpaired) electrons. The largest absolute Gasteiger partial charge is 0.299 e. The molecule has 0 bridgehead atoms. The number of hydrogen-bond acceptors (Lipinski definition) is 2. The van der Waals surface area contributed by atoms with E-state index in [1.807, 2.05) is 27.7 Å². The molecule has 86 valence electrons. The minimum Gasteiger partial charge on any atom is -0.299 e. The second-order valence-corrected chi connectivity index (χ2v) is 5.61. The Hall–Kier alpha value is -0.660. The van der Waals surface area contributed by atoms with Crippen molar-refractivity contribution in [3.05, 3.63) is 0 Å². The maximum absolute atomic E-state index is 12.1. The second kappa shape index (κ2) is 4.46. The van der Waals surface area contributed by atoms with Crippen LogP contribution in [0.1, 0.15) is 53.4 Å². The number of carbonyl (C=O) groups excluding carboxylic acids is 2. The van der Waals surface area contributed by atoms with Gasteiger partial charge in [-0.3, -0.25) is 9.59 Å². The molecule has 1 aliphatic carbocycles. The van der Waals surface area contributed by atoms with E-state index < -0.39 is 0 Å². The van der Waals surface area contributed by atoms with Crippen molar-refractivity contribution in [1.29, 1.82) is 0 Å². The molecular weight excluding hydrogens is 188 g/mol. The summed E-state index contributed by atoms with van der Waals surface area (Å²) in [6, 6.07) is 0. The van der Waals surface area contributed by atoms with Gasteiger partial charge in [0, 0.05) is 11.3 Å². The Kier molecular flexibility index (Phi) is 3.69. The highest BCUT2D eigenvalue weighted by molar-refractivity contribution is 6.05. The third-order valence-corrected chi connectivity index (χ3v) is 3.31. The fourth-order valence-electron chi connectivity index (χ4n) is 2.02. The second-order valence-electron chi connectivity index (χ2n) is 5.61. The summed E-state index contributed by atoms with van der Waals surface area (Å²) in [5.41, 5.74) is -0.389. The summed E-state index contributed by atoms with van der Waals surface area (Å²) in [5.74, 6) is 0.141. The Labute approximate surface area is 92.4 Å². The number of hydrogen-bond donors (Lipinski definition) is 0. The Morgan fingerprint density at radius 1 is 1.27 bits per heavy atom. The van der Waals surface area contributed by atoms with Gasteiger partial charge in [-0.2, -0.15) is 0 Å². The fourth-order valence-corrected chi connectivity index (χ4v) is 2.02. The van der Waals surface area contributed by atoms with Crippen LogP contribution in [0.3, 0.4) is 0 Å². The van der Waals surface area contributed by atoms with Crippen molar-refractivity contribution >= 4 is 11.6 Å². The van der Waals surface area contributed by atoms with Crippen LogP contribution < -0.4 is 0 Å². The first kappa shape index (κ1) is 12.4. The molecule has 0 N–H and O–H groups in total. The van der Waals surface area contributed by atoms with Crippen molar-refractivity contribution in [3.8, 4) is 0 Å². The summed E-state index contributed by atoms with van der Waals surface area (Å²) in [4.78, 5) is 24.1. The predicted octanol–water partition coefficient (Wildman–Crippen LogP) is 3.00. The zero-order valence-corrected chi connectivity index (χ0v) is 10.3. The molecule has 2 nitrogen and oxygen atoms in total. The van der Waals surface area contributed by atoms with E-state index in [-0.39, 0.29) is 28.8 Å². The quantitative estimate of drug-likeness (QED) is 0.668. The van der Waals surface area contributed by atoms with E-state index in [1.165, 1.54) is 0 Å². The maximum atomic E-state index is 12.1. The van der Waals surface area contributed by atoms with E-state index in [1.54, 1.807) is 0 Å². The molecule has 0 aromatic heterocycles. The van der Waals surface area contributed by atoms with Gasteiger partial charge in [-0.15, -0.1) is 0 Å². The lowest BCUT2D eigenvalue weighted by atomic mass is 9.72. The van der Waals surface area contributed by atoms with Gasteiger partial charge in [0.2, 0.25) is 0 Å². The first-order chi connectivity index (χ1) is 6.88. The van der Waals surface area contributed by atoms with Crippen LogP contribution in [-0.4, -0.2) is 11.6 Å². The summed E-state index contributed by atoms with van der Waals surface area (Å²) in [6.07, 6.45) is 3.79. The molecule has 0 heterocycles. The Morgan fingerprint density at radius 2 is 1.80 bits per heavy atom. The van der Waals surface area contributed by atoms with Gasteiger partial charge in [0.25, 0.3) is 0 Å². The van der Waals surface area contributed by atoms with Gasteiger partial charge in [0.05, 0.1) is 5.92 Å². The smallest absolute Gasteiger partial charge is 0.148 e. The average molecular weight is 210 g/mol. The third kappa shape index (κ3) is 2.67. The van der Waals surface area contributed by atoms with Gasteiger partial charge in [-0.25, -0.2) is 0 Å². The van der Waals surface area contributed by atoms with Crippen molar-refractivity contribution in [1.82, 2.24) is 0 Å². The lowest BCUT2D eigenvalue weighted by Crippen LogP contribution is -2.38. The number of Topliss-reactive ketones (excluding diaryl/α,β-unsaturated/α-hetero) is 2. The molecule has 2 heteroatoms. The molecular formula is C13H22O2. The normalized spacial score (nSPS) is 19.5. The third-order valence-electron chi connectivity index (χ3n) is 3.31. The van der Waals surface area contributed by atoms with Crippen molar-refractivity contribution in [2.24, 2.45) is 17.3 Å². The highest BCUT2D eigenvalue weighted by atomic mass is 16.2. The summed E-state index contributed by atoms with van der Waals surface area (Å²) in [5, 5.41) is 0. The first-order valence-corrected chi connectivity index (χ1v) is 5.96. The van der Waals surface area contributed by atoms with E-state index >= 15 is 0 Å². The Bertz CT molecular complexity index is 256. The summed E-state index contributed by atoms with van der Waals surface area (Å²) < 4.78 is 0. The molecule has 1 atom stereocenters. The van der Waals surface area contributed by atoms with Crippen LogP contribution >= 0.6 is 0 Å². The number of carbonyl (C=O) groups is 2. The highest BCUT2D eigenvalue weighted by Gasteiger charge is 2.38.